The number of anilines is 1. The van der Waals surface area contributed by atoms with Gasteiger partial charge in [-0.05, 0) is 91.7 Å². The first kappa shape index (κ1) is 28.5. The predicted molar refractivity (Wildman–Crippen MR) is 159 cm³/mol. The third kappa shape index (κ3) is 6.99. The lowest BCUT2D eigenvalue weighted by atomic mass is 9.70. The van der Waals surface area contributed by atoms with Crippen LogP contribution in [0.25, 0.3) is 0 Å². The van der Waals surface area contributed by atoms with E-state index in [9.17, 15) is 9.32 Å². The smallest absolute Gasteiger partial charge is 0.180 e. The number of fused-ring (bicyclic) bond motifs is 3. The van der Waals surface area contributed by atoms with Crippen molar-refractivity contribution in [2.45, 2.75) is 64.3 Å². The number of allylic oxidation sites excluding steroid dienone is 1. The van der Waals surface area contributed by atoms with Crippen molar-refractivity contribution in [2.75, 3.05) is 30.9 Å². The Labute approximate surface area is 239 Å². The van der Waals surface area contributed by atoms with Crippen LogP contribution >= 0.6 is 11.6 Å². The van der Waals surface area contributed by atoms with Crippen molar-refractivity contribution in [1.82, 2.24) is 0 Å². The highest BCUT2D eigenvalue weighted by Crippen LogP contribution is 2.42. The van der Waals surface area contributed by atoms with Crippen LogP contribution in [0, 0.1) is 17.8 Å². The standard InChI is InChI=1S/C31H41ClN2O4S/c1-21-6-5-8-29(37-2)27-13-10-25(27)19-34-18-24-9-12-26(32)16-22(24)7-3-4-15-38-30-14-11-23(17-28(30)34)31(35)33-39(36)20-21/h5,8-9,11-12,14,16-17,21,25,27,29,31,35,39H,3-4,6-7,10,13,15,18-20H2,1-2H3/b8-5+/t21-,25-,27+,29-,31?/m0/s1. The first-order valence-corrected chi connectivity index (χ1v) is 16.0. The van der Waals surface area contributed by atoms with E-state index < -0.39 is 16.8 Å². The quantitative estimate of drug-likeness (QED) is 0.307. The van der Waals surface area contributed by atoms with Gasteiger partial charge < -0.3 is 19.5 Å². The Morgan fingerprint density at radius 2 is 2.03 bits per heavy atom. The fourth-order valence-electron chi connectivity index (χ4n) is 6.05. The van der Waals surface area contributed by atoms with E-state index in [1.165, 1.54) is 11.1 Å². The highest BCUT2D eigenvalue weighted by Gasteiger charge is 2.38. The number of ether oxygens (including phenoxy) is 2. The average molecular weight is 573 g/mol. The Bertz CT molecular complexity index is 1260. The first-order valence-electron chi connectivity index (χ1n) is 14.2. The van der Waals surface area contributed by atoms with Crippen LogP contribution in [0.15, 0.2) is 52.9 Å². The van der Waals surface area contributed by atoms with E-state index in [0.717, 1.165) is 61.5 Å². The minimum Gasteiger partial charge on any atom is -0.491 e. The van der Waals surface area contributed by atoms with Crippen LogP contribution in [0.1, 0.15) is 61.9 Å². The van der Waals surface area contributed by atoms with Gasteiger partial charge in [-0.15, -0.1) is 0 Å². The SMILES string of the molecule is CO[C@H]1/C=C/C[C@H](C)C/[SH](=O)=N\C(O)c2ccc3c(c2)N(Cc2ccc(Cl)cc2CCCCO3)C[C@@H]2CC[C@H]21. The van der Waals surface area contributed by atoms with Gasteiger partial charge in [0, 0.05) is 47.1 Å². The molecule has 0 spiro atoms. The van der Waals surface area contributed by atoms with Gasteiger partial charge in [-0.2, -0.15) is 0 Å². The summed E-state index contributed by atoms with van der Waals surface area (Å²) in [6, 6.07) is 12.0. The molecule has 1 N–H and O–H groups in total. The molecule has 2 bridgehead atoms. The summed E-state index contributed by atoms with van der Waals surface area (Å²) in [5.74, 6) is 2.35. The molecule has 6 nitrogen and oxygen atoms in total. The molecule has 1 saturated carbocycles. The molecule has 0 saturated heterocycles. The third-order valence-electron chi connectivity index (χ3n) is 8.44. The molecule has 1 aliphatic carbocycles. The number of hydrogen-bond acceptors (Lipinski definition) is 6. The maximum Gasteiger partial charge on any atom is 0.180 e. The number of aliphatic hydroxyl groups is 1. The zero-order valence-electron chi connectivity index (χ0n) is 23.0. The normalized spacial score (nSPS) is 31.2. The zero-order chi connectivity index (χ0) is 27.4. The molecule has 8 heteroatoms. The predicted octanol–water partition coefficient (Wildman–Crippen LogP) is 6.35. The summed E-state index contributed by atoms with van der Waals surface area (Å²) < 4.78 is 29.4. The van der Waals surface area contributed by atoms with Crippen molar-refractivity contribution in [2.24, 2.45) is 22.1 Å². The Balaban J connectivity index is 1.59. The largest absolute Gasteiger partial charge is 0.491 e. The molecule has 5 rings (SSSR count). The lowest BCUT2D eigenvalue weighted by Crippen LogP contribution is -2.43. The van der Waals surface area contributed by atoms with Gasteiger partial charge in [0.25, 0.3) is 0 Å². The fourth-order valence-corrected chi connectivity index (χ4v) is 7.40. The summed E-state index contributed by atoms with van der Waals surface area (Å²) in [7, 11) is -0.0938. The van der Waals surface area contributed by atoms with E-state index in [1.807, 2.05) is 24.3 Å². The highest BCUT2D eigenvalue weighted by atomic mass is 35.5. The summed E-state index contributed by atoms with van der Waals surface area (Å²) in [5.41, 5.74) is 4.11. The van der Waals surface area contributed by atoms with Crippen LogP contribution in [-0.2, 0) is 28.3 Å². The van der Waals surface area contributed by atoms with E-state index in [1.54, 1.807) is 7.11 Å². The van der Waals surface area contributed by atoms with E-state index in [0.29, 0.717) is 36.3 Å². The van der Waals surface area contributed by atoms with Crippen LogP contribution in [-0.4, -0.2) is 41.4 Å². The molecule has 212 valence electrons. The number of rotatable bonds is 1. The number of aryl methyl sites for hydroxylation is 1. The summed E-state index contributed by atoms with van der Waals surface area (Å²) >= 11 is 6.41. The molecule has 2 heterocycles. The number of methoxy groups -OCH3 is 1. The molecule has 2 aromatic carbocycles. The van der Waals surface area contributed by atoms with Crippen LogP contribution in [0.4, 0.5) is 5.69 Å². The Morgan fingerprint density at radius 1 is 1.15 bits per heavy atom. The number of hydrogen-bond donors (Lipinski definition) is 2. The summed E-state index contributed by atoms with van der Waals surface area (Å²) in [4.78, 5) is 2.39. The lowest BCUT2D eigenvalue weighted by molar-refractivity contribution is 0.0133. The monoisotopic (exact) mass is 572 g/mol. The molecular weight excluding hydrogens is 532 g/mol. The molecular formula is C31H41ClN2O4S. The number of halogens is 1. The summed E-state index contributed by atoms with van der Waals surface area (Å²) in [6.07, 6.45) is 9.29. The van der Waals surface area contributed by atoms with Gasteiger partial charge in [-0.25, -0.2) is 4.36 Å². The summed E-state index contributed by atoms with van der Waals surface area (Å²) in [5, 5.41) is 11.7. The number of thiol groups is 1. The second kappa shape index (κ2) is 13.1. The average Bonchev–Trinajstić information content (AvgIpc) is 2.92. The van der Waals surface area contributed by atoms with Gasteiger partial charge >= 0.3 is 0 Å². The first-order chi connectivity index (χ1) is 18.9. The number of aliphatic hydroxyl groups excluding tert-OH is 1. The topological polar surface area (TPSA) is 71.4 Å². The van der Waals surface area contributed by atoms with E-state index in [2.05, 4.69) is 40.5 Å². The van der Waals surface area contributed by atoms with Crippen molar-refractivity contribution >= 4 is 27.9 Å². The number of benzene rings is 2. The molecule has 2 aromatic rings. The molecule has 1 fully saturated rings. The van der Waals surface area contributed by atoms with Crippen molar-refractivity contribution in [1.29, 1.82) is 0 Å². The van der Waals surface area contributed by atoms with Gasteiger partial charge in [0.1, 0.15) is 5.75 Å². The minimum absolute atomic E-state index is 0.0567. The molecule has 6 atom stereocenters. The zero-order valence-corrected chi connectivity index (χ0v) is 24.6. The maximum atomic E-state index is 12.8. The maximum absolute atomic E-state index is 12.8. The molecule has 2 aliphatic heterocycles. The van der Waals surface area contributed by atoms with Gasteiger partial charge in [-0.1, -0.05) is 42.8 Å². The Kier molecular flexibility index (Phi) is 9.54. The lowest BCUT2D eigenvalue weighted by Gasteiger charge is -2.43. The van der Waals surface area contributed by atoms with Crippen LogP contribution in [0.2, 0.25) is 5.02 Å². The molecule has 0 radical (unpaired) electrons. The molecule has 0 aromatic heterocycles. The van der Waals surface area contributed by atoms with Gasteiger partial charge in [-0.3, -0.25) is 4.21 Å². The second-order valence-electron chi connectivity index (χ2n) is 11.3. The molecule has 0 amide bonds. The van der Waals surface area contributed by atoms with Gasteiger partial charge in [0.2, 0.25) is 0 Å². The third-order valence-corrected chi connectivity index (χ3v) is 10.1. The van der Waals surface area contributed by atoms with E-state index >= 15 is 0 Å². The van der Waals surface area contributed by atoms with Crippen molar-refractivity contribution in [3.8, 4) is 5.75 Å². The molecule has 39 heavy (non-hydrogen) atoms. The van der Waals surface area contributed by atoms with Crippen LogP contribution in [0.5, 0.6) is 5.75 Å². The Hall–Kier alpha value is -2.06. The molecule has 3 aliphatic rings. The fraction of sp³-hybridized carbons (Fsp3) is 0.548. The van der Waals surface area contributed by atoms with Crippen molar-refractivity contribution < 1.29 is 18.8 Å². The minimum atomic E-state index is -1.89. The number of nitrogens with zero attached hydrogens (tertiary/aromatic N) is 2. The van der Waals surface area contributed by atoms with Crippen molar-refractivity contribution in [3.05, 3.63) is 70.3 Å². The van der Waals surface area contributed by atoms with Gasteiger partial charge in [0.05, 0.1) is 18.4 Å². The second-order valence-corrected chi connectivity index (χ2v) is 13.1. The van der Waals surface area contributed by atoms with Crippen molar-refractivity contribution in [3.63, 3.8) is 0 Å². The van der Waals surface area contributed by atoms with Crippen LogP contribution in [0.3, 0.4) is 0 Å². The van der Waals surface area contributed by atoms with E-state index in [4.69, 9.17) is 21.1 Å². The Morgan fingerprint density at radius 3 is 2.82 bits per heavy atom. The summed E-state index contributed by atoms with van der Waals surface area (Å²) in [6.45, 7) is 4.26. The van der Waals surface area contributed by atoms with Crippen LogP contribution < -0.4 is 9.64 Å². The van der Waals surface area contributed by atoms with E-state index in [-0.39, 0.29) is 12.0 Å². The highest BCUT2D eigenvalue weighted by molar-refractivity contribution is 7.74. The van der Waals surface area contributed by atoms with Gasteiger partial charge in [0.15, 0.2) is 6.23 Å². The molecule has 2 unspecified atom stereocenters.